The van der Waals surface area contributed by atoms with Gasteiger partial charge in [0.1, 0.15) is 10.8 Å². The Morgan fingerprint density at radius 1 is 1.08 bits per heavy atom. The van der Waals surface area contributed by atoms with Crippen molar-refractivity contribution >= 4 is 39.5 Å². The van der Waals surface area contributed by atoms with Crippen LogP contribution in [0.25, 0.3) is 0 Å². The second-order valence-corrected chi connectivity index (χ2v) is 6.56. The number of nitrogens with zero attached hydrogens (tertiary/aromatic N) is 1. The number of thiophene rings is 1. The van der Waals surface area contributed by atoms with Crippen LogP contribution in [-0.2, 0) is 0 Å². The Morgan fingerprint density at radius 3 is 2.60 bits per heavy atom. The lowest BCUT2D eigenvalue weighted by molar-refractivity contribution is 0.102. The molecule has 2 aromatic carbocycles. The summed E-state index contributed by atoms with van der Waals surface area (Å²) in [5.74, 6) is 0.347. The molecule has 2 heterocycles. The first-order valence-electron chi connectivity index (χ1n) is 7.87. The van der Waals surface area contributed by atoms with Gasteiger partial charge in [-0.1, -0.05) is 18.2 Å². The summed E-state index contributed by atoms with van der Waals surface area (Å²) < 4.78 is 0. The van der Waals surface area contributed by atoms with Gasteiger partial charge < -0.3 is 15.5 Å². The molecule has 0 aliphatic carbocycles. The third kappa shape index (κ3) is 2.99. The SMILES string of the molecule is N=C1c2ccsc2NCN1c1ccc(NC(=O)c2ccccc2)cc1. The minimum Gasteiger partial charge on any atom is -0.359 e. The molecule has 3 aromatic rings. The fourth-order valence-electron chi connectivity index (χ4n) is 2.75. The van der Waals surface area contributed by atoms with Crippen molar-refractivity contribution in [2.24, 2.45) is 0 Å². The summed E-state index contributed by atoms with van der Waals surface area (Å²) in [5, 5.41) is 17.6. The Bertz CT molecular complexity index is 918. The lowest BCUT2D eigenvalue weighted by Gasteiger charge is -2.30. The summed E-state index contributed by atoms with van der Waals surface area (Å²) in [4.78, 5) is 14.1. The van der Waals surface area contributed by atoms with Crippen molar-refractivity contribution in [1.82, 2.24) is 0 Å². The fraction of sp³-hybridized carbons (Fsp3) is 0.0526. The van der Waals surface area contributed by atoms with Crippen molar-refractivity contribution < 1.29 is 4.79 Å². The van der Waals surface area contributed by atoms with Crippen LogP contribution in [0, 0.1) is 5.41 Å². The number of amidine groups is 1. The molecule has 1 aromatic heterocycles. The van der Waals surface area contributed by atoms with E-state index in [1.807, 2.05) is 58.8 Å². The number of nitrogens with one attached hydrogen (secondary N) is 3. The second kappa shape index (κ2) is 6.41. The van der Waals surface area contributed by atoms with Crippen LogP contribution in [0.3, 0.4) is 0 Å². The first-order chi connectivity index (χ1) is 12.2. The van der Waals surface area contributed by atoms with Crippen LogP contribution < -0.4 is 15.5 Å². The van der Waals surface area contributed by atoms with Crippen molar-refractivity contribution in [3.8, 4) is 0 Å². The minimum absolute atomic E-state index is 0.136. The third-order valence-corrected chi connectivity index (χ3v) is 4.93. The van der Waals surface area contributed by atoms with Crippen LogP contribution in [0.4, 0.5) is 16.4 Å². The highest BCUT2D eigenvalue weighted by atomic mass is 32.1. The standard InChI is InChI=1S/C19H16N4OS/c20-17-16-10-11-25-19(16)21-12-23(17)15-8-6-14(7-9-15)22-18(24)13-4-2-1-3-5-13/h1-11,20-21H,12H2,(H,22,24). The van der Waals surface area contributed by atoms with Crippen LogP contribution in [-0.4, -0.2) is 18.4 Å². The quantitative estimate of drug-likeness (QED) is 0.664. The van der Waals surface area contributed by atoms with E-state index in [0.717, 1.165) is 21.9 Å². The van der Waals surface area contributed by atoms with E-state index in [2.05, 4.69) is 10.6 Å². The van der Waals surface area contributed by atoms with E-state index in [9.17, 15) is 4.79 Å². The predicted molar refractivity (Wildman–Crippen MR) is 103 cm³/mol. The number of amides is 1. The van der Waals surface area contributed by atoms with Gasteiger partial charge in [-0.2, -0.15) is 0 Å². The number of hydrogen-bond acceptors (Lipinski definition) is 4. The zero-order chi connectivity index (χ0) is 17.2. The maximum Gasteiger partial charge on any atom is 0.255 e. The first kappa shape index (κ1) is 15.4. The van der Waals surface area contributed by atoms with Gasteiger partial charge in [0.15, 0.2) is 0 Å². The molecular weight excluding hydrogens is 332 g/mol. The molecule has 6 heteroatoms. The van der Waals surface area contributed by atoms with Crippen LogP contribution in [0.5, 0.6) is 0 Å². The van der Waals surface area contributed by atoms with Gasteiger partial charge in [0, 0.05) is 16.9 Å². The molecule has 5 nitrogen and oxygen atoms in total. The number of carbonyl (C=O) groups excluding carboxylic acids is 1. The molecule has 0 saturated carbocycles. The summed E-state index contributed by atoms with van der Waals surface area (Å²) in [6.45, 7) is 0.558. The molecular formula is C19H16N4OS. The van der Waals surface area contributed by atoms with Gasteiger partial charge in [-0.15, -0.1) is 11.3 Å². The molecule has 4 rings (SSSR count). The maximum absolute atomic E-state index is 12.2. The van der Waals surface area contributed by atoms with Gasteiger partial charge in [-0.05, 0) is 47.8 Å². The predicted octanol–water partition coefficient (Wildman–Crippen LogP) is 4.22. The number of hydrogen-bond donors (Lipinski definition) is 3. The van der Waals surface area contributed by atoms with E-state index in [1.54, 1.807) is 23.5 Å². The molecule has 3 N–H and O–H groups in total. The summed E-state index contributed by atoms with van der Waals surface area (Å²) >= 11 is 1.61. The second-order valence-electron chi connectivity index (χ2n) is 5.64. The van der Waals surface area contributed by atoms with Crippen molar-refractivity contribution in [3.05, 3.63) is 77.2 Å². The van der Waals surface area contributed by atoms with Crippen molar-refractivity contribution in [2.45, 2.75) is 0 Å². The summed E-state index contributed by atoms with van der Waals surface area (Å²) in [7, 11) is 0. The van der Waals surface area contributed by atoms with E-state index < -0.39 is 0 Å². The van der Waals surface area contributed by atoms with E-state index in [-0.39, 0.29) is 5.91 Å². The normalized spacial score (nSPS) is 13.1. The third-order valence-electron chi connectivity index (χ3n) is 4.06. The molecule has 25 heavy (non-hydrogen) atoms. The molecule has 1 amide bonds. The van der Waals surface area contributed by atoms with E-state index in [1.165, 1.54) is 0 Å². The van der Waals surface area contributed by atoms with Gasteiger partial charge in [0.2, 0.25) is 0 Å². The van der Waals surface area contributed by atoms with Gasteiger partial charge in [-0.25, -0.2) is 0 Å². The topological polar surface area (TPSA) is 68.2 Å². The average Bonchev–Trinajstić information content (AvgIpc) is 3.13. The lowest BCUT2D eigenvalue weighted by Crippen LogP contribution is -2.39. The molecule has 0 atom stereocenters. The maximum atomic E-state index is 12.2. The van der Waals surface area contributed by atoms with E-state index in [0.29, 0.717) is 18.1 Å². The summed E-state index contributed by atoms with van der Waals surface area (Å²) in [6.07, 6.45) is 0. The first-order valence-corrected chi connectivity index (χ1v) is 8.74. The van der Waals surface area contributed by atoms with Crippen LogP contribution in [0.2, 0.25) is 0 Å². The Hall–Kier alpha value is -3.12. The number of anilines is 3. The molecule has 0 unspecified atom stereocenters. The minimum atomic E-state index is -0.136. The number of fused-ring (bicyclic) bond motifs is 1. The highest BCUT2D eigenvalue weighted by molar-refractivity contribution is 7.14. The average molecular weight is 348 g/mol. The Balaban J connectivity index is 1.49. The van der Waals surface area contributed by atoms with Gasteiger partial charge in [0.25, 0.3) is 5.91 Å². The van der Waals surface area contributed by atoms with Crippen LogP contribution in [0.15, 0.2) is 66.0 Å². The monoisotopic (exact) mass is 348 g/mol. The molecule has 0 bridgehead atoms. The molecule has 0 fully saturated rings. The number of benzene rings is 2. The van der Waals surface area contributed by atoms with Gasteiger partial charge in [-0.3, -0.25) is 10.2 Å². The molecule has 0 radical (unpaired) electrons. The molecule has 1 aliphatic heterocycles. The lowest BCUT2D eigenvalue weighted by atomic mass is 10.2. The van der Waals surface area contributed by atoms with Crippen LogP contribution >= 0.6 is 11.3 Å². The largest absolute Gasteiger partial charge is 0.359 e. The smallest absolute Gasteiger partial charge is 0.255 e. The van der Waals surface area contributed by atoms with Crippen molar-refractivity contribution in [2.75, 3.05) is 22.2 Å². The fourth-order valence-corrected chi connectivity index (χ4v) is 3.53. The van der Waals surface area contributed by atoms with Crippen molar-refractivity contribution in [1.29, 1.82) is 5.41 Å². The molecule has 0 saturated heterocycles. The van der Waals surface area contributed by atoms with Crippen molar-refractivity contribution in [3.63, 3.8) is 0 Å². The number of carbonyl (C=O) groups is 1. The van der Waals surface area contributed by atoms with Crippen LogP contribution in [0.1, 0.15) is 15.9 Å². The highest BCUT2D eigenvalue weighted by Crippen LogP contribution is 2.30. The molecule has 1 aliphatic rings. The highest BCUT2D eigenvalue weighted by Gasteiger charge is 2.22. The molecule has 124 valence electrons. The Morgan fingerprint density at radius 2 is 1.84 bits per heavy atom. The zero-order valence-electron chi connectivity index (χ0n) is 13.3. The number of rotatable bonds is 3. The Kier molecular flexibility index (Phi) is 3.95. The summed E-state index contributed by atoms with van der Waals surface area (Å²) in [6, 6.07) is 18.6. The zero-order valence-corrected chi connectivity index (χ0v) is 14.1. The Labute approximate surface area is 149 Å². The van der Waals surface area contributed by atoms with Gasteiger partial charge >= 0.3 is 0 Å². The van der Waals surface area contributed by atoms with Gasteiger partial charge in [0.05, 0.1) is 12.2 Å². The summed E-state index contributed by atoms with van der Waals surface area (Å²) in [5.41, 5.74) is 3.17. The van der Waals surface area contributed by atoms with E-state index >= 15 is 0 Å². The molecule has 0 spiro atoms. The van der Waals surface area contributed by atoms with E-state index in [4.69, 9.17) is 5.41 Å².